The number of hydrogen-bond donors (Lipinski definition) is 1. The third kappa shape index (κ3) is 6.07. The van der Waals surface area contributed by atoms with E-state index >= 15 is 0 Å². The van der Waals surface area contributed by atoms with Gasteiger partial charge in [0, 0.05) is 49.0 Å². The predicted octanol–water partition coefficient (Wildman–Crippen LogP) is 5.45. The molecule has 6 nitrogen and oxygen atoms in total. The first-order valence-electron chi connectivity index (χ1n) is 12.4. The zero-order chi connectivity index (χ0) is 26.5. The Morgan fingerprint density at radius 2 is 1.42 bits per heavy atom. The summed E-state index contributed by atoms with van der Waals surface area (Å²) in [5.74, 6) is -0.652. The molecule has 0 aromatic heterocycles. The standard InChI is InChI=1S/C30H28ClN3O3S/c31-26-13-16-29(23-7-3-1-4-8-23)25(21-26)22-33-17-19-34(20-18-33)27-14-11-24(12-15-27)30(35)32-38(36,37)28-9-5-2-6-10-28/h1-16,21H,17-20,22H2,(H,32,35). The minimum Gasteiger partial charge on any atom is -0.369 e. The number of sulfonamides is 1. The van der Waals surface area contributed by atoms with Crippen LogP contribution in [0.1, 0.15) is 15.9 Å². The van der Waals surface area contributed by atoms with Crippen molar-refractivity contribution in [1.29, 1.82) is 0 Å². The molecule has 1 amide bonds. The van der Waals surface area contributed by atoms with Crippen molar-refractivity contribution < 1.29 is 13.2 Å². The van der Waals surface area contributed by atoms with Crippen molar-refractivity contribution in [2.75, 3.05) is 31.1 Å². The molecular weight excluding hydrogens is 518 g/mol. The molecule has 4 aromatic rings. The molecular formula is C30H28ClN3O3S. The van der Waals surface area contributed by atoms with Crippen LogP contribution in [0.25, 0.3) is 11.1 Å². The van der Waals surface area contributed by atoms with E-state index in [1.54, 1.807) is 30.3 Å². The van der Waals surface area contributed by atoms with Crippen LogP contribution < -0.4 is 9.62 Å². The van der Waals surface area contributed by atoms with Crippen LogP contribution in [0.3, 0.4) is 0 Å². The van der Waals surface area contributed by atoms with Crippen LogP contribution >= 0.6 is 11.6 Å². The lowest BCUT2D eigenvalue weighted by Crippen LogP contribution is -2.46. The minimum atomic E-state index is -3.92. The Kier molecular flexibility index (Phi) is 7.79. The molecule has 1 N–H and O–H groups in total. The van der Waals surface area contributed by atoms with Gasteiger partial charge in [-0.15, -0.1) is 0 Å². The molecule has 1 heterocycles. The van der Waals surface area contributed by atoms with Gasteiger partial charge in [-0.2, -0.15) is 0 Å². The van der Waals surface area contributed by atoms with E-state index in [0.717, 1.165) is 43.4 Å². The Bertz CT molecular complexity index is 1500. The third-order valence-electron chi connectivity index (χ3n) is 6.69. The van der Waals surface area contributed by atoms with E-state index in [0.29, 0.717) is 5.56 Å². The molecule has 0 spiro atoms. The van der Waals surface area contributed by atoms with Gasteiger partial charge in [-0.3, -0.25) is 9.69 Å². The summed E-state index contributed by atoms with van der Waals surface area (Å²) in [4.78, 5) is 17.3. The highest BCUT2D eigenvalue weighted by Gasteiger charge is 2.21. The van der Waals surface area contributed by atoms with E-state index in [-0.39, 0.29) is 4.90 Å². The van der Waals surface area contributed by atoms with Crippen LogP contribution in [0.5, 0.6) is 0 Å². The van der Waals surface area contributed by atoms with E-state index in [9.17, 15) is 13.2 Å². The van der Waals surface area contributed by atoms with Gasteiger partial charge in [0.15, 0.2) is 0 Å². The van der Waals surface area contributed by atoms with Crippen molar-refractivity contribution in [3.63, 3.8) is 0 Å². The predicted molar refractivity (Wildman–Crippen MR) is 152 cm³/mol. The van der Waals surface area contributed by atoms with E-state index in [2.05, 4.69) is 38.8 Å². The normalized spacial score (nSPS) is 14.3. The summed E-state index contributed by atoms with van der Waals surface area (Å²) in [6, 6.07) is 31.3. The quantitative estimate of drug-likeness (QED) is 0.334. The molecule has 8 heteroatoms. The van der Waals surface area contributed by atoms with Crippen molar-refractivity contribution in [3.8, 4) is 11.1 Å². The molecule has 0 saturated carbocycles. The lowest BCUT2D eigenvalue weighted by molar-refractivity contribution is 0.0981. The summed E-state index contributed by atoms with van der Waals surface area (Å²) in [7, 11) is -3.92. The van der Waals surface area contributed by atoms with E-state index in [1.807, 2.05) is 36.4 Å². The third-order valence-corrected chi connectivity index (χ3v) is 8.28. The Morgan fingerprint density at radius 1 is 0.789 bits per heavy atom. The van der Waals surface area contributed by atoms with Crippen molar-refractivity contribution in [2.24, 2.45) is 0 Å². The first-order valence-corrected chi connectivity index (χ1v) is 14.3. The van der Waals surface area contributed by atoms with E-state index < -0.39 is 15.9 Å². The largest absolute Gasteiger partial charge is 0.369 e. The zero-order valence-electron chi connectivity index (χ0n) is 20.8. The number of hydrogen-bond acceptors (Lipinski definition) is 5. The average molecular weight is 546 g/mol. The second-order valence-corrected chi connectivity index (χ2v) is 11.3. The SMILES string of the molecule is O=C(NS(=O)(=O)c1ccccc1)c1ccc(N2CCN(Cc3cc(Cl)ccc3-c3ccccc3)CC2)cc1. The number of benzene rings is 4. The van der Waals surface area contributed by atoms with Crippen LogP contribution in [0.2, 0.25) is 5.02 Å². The minimum absolute atomic E-state index is 0.0523. The molecule has 0 radical (unpaired) electrons. The number of rotatable bonds is 7. The van der Waals surface area contributed by atoms with Gasteiger partial charge < -0.3 is 4.90 Å². The number of amides is 1. The fourth-order valence-corrected chi connectivity index (χ4v) is 5.85. The summed E-state index contributed by atoms with van der Waals surface area (Å²) in [5.41, 5.74) is 4.87. The van der Waals surface area contributed by atoms with Crippen LogP contribution in [-0.4, -0.2) is 45.4 Å². The van der Waals surface area contributed by atoms with Gasteiger partial charge in [0.25, 0.3) is 15.9 Å². The molecule has 0 bridgehead atoms. The summed E-state index contributed by atoms with van der Waals surface area (Å²) in [5, 5.41) is 0.735. The fraction of sp³-hybridized carbons (Fsp3) is 0.167. The highest BCUT2D eigenvalue weighted by atomic mass is 35.5. The van der Waals surface area contributed by atoms with Crippen LogP contribution in [0.15, 0.2) is 108 Å². The Morgan fingerprint density at radius 3 is 2.08 bits per heavy atom. The van der Waals surface area contributed by atoms with E-state index in [4.69, 9.17) is 11.6 Å². The van der Waals surface area contributed by atoms with Crippen molar-refractivity contribution in [2.45, 2.75) is 11.4 Å². The first-order chi connectivity index (χ1) is 18.4. The molecule has 194 valence electrons. The number of nitrogens with zero attached hydrogens (tertiary/aromatic N) is 2. The second-order valence-electron chi connectivity index (χ2n) is 9.23. The van der Waals surface area contributed by atoms with Crippen LogP contribution in [0.4, 0.5) is 5.69 Å². The van der Waals surface area contributed by atoms with Gasteiger partial charge in [-0.1, -0.05) is 66.2 Å². The molecule has 0 unspecified atom stereocenters. The summed E-state index contributed by atoms with van der Waals surface area (Å²) in [6.45, 7) is 4.27. The first kappa shape index (κ1) is 26.0. The van der Waals surface area contributed by atoms with Crippen molar-refractivity contribution in [1.82, 2.24) is 9.62 Å². The van der Waals surface area contributed by atoms with Crippen LogP contribution in [0, 0.1) is 0 Å². The molecule has 1 saturated heterocycles. The number of carbonyl (C=O) groups is 1. The Balaban J connectivity index is 1.20. The summed E-state index contributed by atoms with van der Waals surface area (Å²) >= 11 is 6.34. The average Bonchev–Trinajstić information content (AvgIpc) is 2.94. The summed E-state index contributed by atoms with van der Waals surface area (Å²) in [6.07, 6.45) is 0. The smallest absolute Gasteiger partial charge is 0.264 e. The molecule has 1 aliphatic heterocycles. The maximum atomic E-state index is 12.6. The van der Waals surface area contributed by atoms with Gasteiger partial charge >= 0.3 is 0 Å². The van der Waals surface area contributed by atoms with Crippen molar-refractivity contribution in [3.05, 3.63) is 119 Å². The molecule has 1 fully saturated rings. The monoisotopic (exact) mass is 545 g/mol. The number of anilines is 1. The maximum absolute atomic E-state index is 12.6. The van der Waals surface area contributed by atoms with Gasteiger partial charge in [-0.25, -0.2) is 13.1 Å². The topological polar surface area (TPSA) is 69.7 Å². The highest BCUT2D eigenvalue weighted by Crippen LogP contribution is 2.28. The summed E-state index contributed by atoms with van der Waals surface area (Å²) < 4.78 is 27.1. The van der Waals surface area contributed by atoms with Gasteiger partial charge in [0.1, 0.15) is 0 Å². The lowest BCUT2D eigenvalue weighted by Gasteiger charge is -2.36. The lowest BCUT2D eigenvalue weighted by atomic mass is 9.99. The van der Waals surface area contributed by atoms with Gasteiger partial charge in [0.2, 0.25) is 0 Å². The molecule has 38 heavy (non-hydrogen) atoms. The number of nitrogens with one attached hydrogen (secondary N) is 1. The highest BCUT2D eigenvalue weighted by molar-refractivity contribution is 7.90. The number of carbonyl (C=O) groups excluding carboxylic acids is 1. The zero-order valence-corrected chi connectivity index (χ0v) is 22.3. The molecule has 0 atom stereocenters. The van der Waals surface area contributed by atoms with Gasteiger partial charge in [0.05, 0.1) is 4.90 Å². The Hall–Kier alpha value is -3.65. The Labute approximate surface area is 228 Å². The fourth-order valence-electron chi connectivity index (χ4n) is 4.66. The molecule has 4 aromatic carbocycles. The number of halogens is 1. The number of piperazine rings is 1. The van der Waals surface area contributed by atoms with Crippen molar-refractivity contribution >= 4 is 33.2 Å². The van der Waals surface area contributed by atoms with Crippen LogP contribution in [-0.2, 0) is 16.6 Å². The molecule has 0 aliphatic carbocycles. The van der Waals surface area contributed by atoms with Gasteiger partial charge in [-0.05, 0) is 65.2 Å². The maximum Gasteiger partial charge on any atom is 0.264 e. The molecule has 5 rings (SSSR count). The second kappa shape index (κ2) is 11.4. The van der Waals surface area contributed by atoms with E-state index in [1.165, 1.54) is 28.8 Å². The molecule has 1 aliphatic rings.